The molecule has 2 aromatic carbocycles. The molecule has 0 aliphatic carbocycles. The lowest BCUT2D eigenvalue weighted by molar-refractivity contribution is -0.121. The Labute approximate surface area is 200 Å². The van der Waals surface area contributed by atoms with E-state index in [0.29, 0.717) is 29.9 Å². The Balaban J connectivity index is 1.54. The maximum Gasteiger partial charge on any atom is 0.244 e. The Bertz CT molecular complexity index is 1240. The molecule has 2 aliphatic rings. The first kappa shape index (κ1) is 24.1. The number of hydrogen-bond acceptors (Lipinski definition) is 5. The first-order chi connectivity index (χ1) is 16.2. The van der Waals surface area contributed by atoms with Gasteiger partial charge in [-0.25, -0.2) is 8.42 Å². The lowest BCUT2D eigenvalue weighted by Crippen LogP contribution is -2.42. The number of nitrogens with one attached hydrogen (secondary N) is 1. The highest BCUT2D eigenvalue weighted by Gasteiger charge is 2.33. The fourth-order valence-corrected chi connectivity index (χ4v) is 6.35. The Morgan fingerprint density at radius 1 is 1.09 bits per heavy atom. The summed E-state index contributed by atoms with van der Waals surface area (Å²) in [6, 6.07) is 11.3. The van der Waals surface area contributed by atoms with Crippen molar-refractivity contribution in [1.82, 2.24) is 4.31 Å². The zero-order valence-electron chi connectivity index (χ0n) is 19.4. The number of carbonyl (C=O) groups is 3. The van der Waals surface area contributed by atoms with Gasteiger partial charge in [0.05, 0.1) is 4.90 Å². The van der Waals surface area contributed by atoms with Crippen LogP contribution in [0.5, 0.6) is 0 Å². The number of ketones is 1. The number of fused-ring (bicyclic) bond motifs is 1. The van der Waals surface area contributed by atoms with E-state index in [1.807, 2.05) is 6.92 Å². The van der Waals surface area contributed by atoms with Crippen LogP contribution in [0.1, 0.15) is 55.5 Å². The maximum atomic E-state index is 13.2. The van der Waals surface area contributed by atoms with Crippen molar-refractivity contribution in [1.29, 1.82) is 0 Å². The molecule has 0 unspecified atom stereocenters. The minimum atomic E-state index is -3.63. The van der Waals surface area contributed by atoms with Crippen LogP contribution >= 0.6 is 0 Å². The number of nitrogens with zero attached hydrogens (tertiary/aromatic N) is 2. The van der Waals surface area contributed by atoms with Crippen molar-refractivity contribution in [2.24, 2.45) is 0 Å². The van der Waals surface area contributed by atoms with Crippen LogP contribution in [-0.2, 0) is 26.0 Å². The molecule has 2 aromatic rings. The number of piperidine rings is 1. The molecule has 1 atom stereocenters. The van der Waals surface area contributed by atoms with Gasteiger partial charge in [-0.2, -0.15) is 4.31 Å². The second kappa shape index (κ2) is 9.68. The largest absolute Gasteiger partial charge is 0.325 e. The van der Waals surface area contributed by atoms with Crippen LogP contribution < -0.4 is 10.2 Å². The molecule has 1 fully saturated rings. The van der Waals surface area contributed by atoms with E-state index in [0.717, 1.165) is 24.8 Å². The van der Waals surface area contributed by atoms with Crippen LogP contribution in [0.15, 0.2) is 47.4 Å². The van der Waals surface area contributed by atoms with Gasteiger partial charge in [0.1, 0.15) is 6.54 Å². The number of aryl methyl sites for hydroxylation is 1. The van der Waals surface area contributed by atoms with Crippen molar-refractivity contribution >= 4 is 39.0 Å². The van der Waals surface area contributed by atoms with E-state index in [-0.39, 0.29) is 35.6 Å². The molecule has 1 N–H and O–H groups in total. The van der Waals surface area contributed by atoms with Gasteiger partial charge in [-0.15, -0.1) is 0 Å². The Morgan fingerprint density at radius 3 is 2.62 bits per heavy atom. The van der Waals surface area contributed by atoms with E-state index >= 15 is 0 Å². The first-order valence-electron chi connectivity index (χ1n) is 11.5. The van der Waals surface area contributed by atoms with E-state index < -0.39 is 15.9 Å². The molecular formula is C25H29N3O5S. The molecule has 9 heteroatoms. The normalized spacial score (nSPS) is 18.9. The average molecular weight is 484 g/mol. The van der Waals surface area contributed by atoms with Crippen LogP contribution in [0.3, 0.4) is 0 Å². The van der Waals surface area contributed by atoms with E-state index in [9.17, 15) is 22.8 Å². The molecule has 2 aliphatic heterocycles. The second-order valence-electron chi connectivity index (χ2n) is 8.92. The molecule has 0 spiro atoms. The summed E-state index contributed by atoms with van der Waals surface area (Å²) in [7, 11) is -3.63. The monoisotopic (exact) mass is 483 g/mol. The lowest BCUT2D eigenvalue weighted by Gasteiger charge is -2.33. The number of rotatable bonds is 6. The smallest absolute Gasteiger partial charge is 0.244 e. The maximum absolute atomic E-state index is 13.2. The zero-order chi connectivity index (χ0) is 24.5. The third kappa shape index (κ3) is 4.90. The molecule has 2 heterocycles. The fraction of sp³-hybridized carbons (Fsp3) is 0.400. The number of hydrogen-bond donors (Lipinski definition) is 1. The van der Waals surface area contributed by atoms with Gasteiger partial charge in [0.15, 0.2) is 5.78 Å². The number of Topliss-reactive ketones (excluding diaryl/α,β-unsaturated/α-hetero) is 1. The van der Waals surface area contributed by atoms with Crippen molar-refractivity contribution in [2.75, 3.05) is 23.3 Å². The number of carbonyl (C=O) groups excluding carboxylic acids is 3. The van der Waals surface area contributed by atoms with Gasteiger partial charge in [0.25, 0.3) is 0 Å². The van der Waals surface area contributed by atoms with Crippen LogP contribution in [0.4, 0.5) is 11.4 Å². The Hall–Kier alpha value is -3.04. The van der Waals surface area contributed by atoms with Crippen molar-refractivity contribution in [2.45, 2.75) is 56.9 Å². The summed E-state index contributed by atoms with van der Waals surface area (Å²) in [5.41, 5.74) is 2.24. The Morgan fingerprint density at radius 2 is 1.88 bits per heavy atom. The Kier molecular flexibility index (Phi) is 6.86. The molecular weight excluding hydrogens is 454 g/mol. The molecule has 0 bridgehead atoms. The van der Waals surface area contributed by atoms with Crippen molar-refractivity contribution in [3.8, 4) is 0 Å². The third-order valence-electron chi connectivity index (χ3n) is 6.45. The SMILES string of the molecule is CC(=O)c1cccc(NC(=O)CN2C(=O)CCc3cc(S(=O)(=O)N4CCCC[C@@H]4C)ccc32)c1. The predicted molar refractivity (Wildman–Crippen MR) is 129 cm³/mol. The summed E-state index contributed by atoms with van der Waals surface area (Å²) < 4.78 is 28.0. The van der Waals surface area contributed by atoms with Crippen LogP contribution in [0, 0.1) is 0 Å². The minimum Gasteiger partial charge on any atom is -0.325 e. The lowest BCUT2D eigenvalue weighted by atomic mass is 10.0. The van der Waals surface area contributed by atoms with Crippen LogP contribution in [-0.4, -0.2) is 49.5 Å². The highest BCUT2D eigenvalue weighted by atomic mass is 32.2. The minimum absolute atomic E-state index is 0.0435. The molecule has 8 nitrogen and oxygen atoms in total. The van der Waals surface area contributed by atoms with Crippen LogP contribution in [0.2, 0.25) is 0 Å². The molecule has 0 aromatic heterocycles. The molecule has 0 radical (unpaired) electrons. The van der Waals surface area contributed by atoms with Gasteiger partial charge in [0.2, 0.25) is 21.8 Å². The molecule has 180 valence electrons. The van der Waals surface area contributed by atoms with E-state index in [1.165, 1.54) is 17.9 Å². The summed E-state index contributed by atoms with van der Waals surface area (Å²) in [6.45, 7) is 3.69. The summed E-state index contributed by atoms with van der Waals surface area (Å²) in [6.07, 6.45) is 3.34. The van der Waals surface area contributed by atoms with Crippen LogP contribution in [0.25, 0.3) is 0 Å². The van der Waals surface area contributed by atoms with Gasteiger partial charge in [0, 0.05) is 35.9 Å². The van der Waals surface area contributed by atoms with E-state index in [4.69, 9.17) is 0 Å². The fourth-order valence-electron chi connectivity index (χ4n) is 4.59. The van der Waals surface area contributed by atoms with E-state index in [1.54, 1.807) is 40.7 Å². The summed E-state index contributed by atoms with van der Waals surface area (Å²) >= 11 is 0. The van der Waals surface area contributed by atoms with E-state index in [2.05, 4.69) is 5.32 Å². The third-order valence-corrected chi connectivity index (χ3v) is 8.46. The number of anilines is 2. The highest BCUT2D eigenvalue weighted by Crippen LogP contribution is 2.32. The predicted octanol–water partition coefficient (Wildman–Crippen LogP) is 3.37. The van der Waals surface area contributed by atoms with Gasteiger partial charge in [-0.1, -0.05) is 18.6 Å². The standard InChI is InChI=1S/C25H29N3O5S/c1-17-6-3-4-13-28(17)34(32,33)22-10-11-23-20(15-22)9-12-25(31)27(23)16-24(30)26-21-8-5-7-19(14-21)18(2)29/h5,7-8,10-11,14-15,17H,3-4,6,9,12-13,16H2,1-2H3,(H,26,30)/t17-/m0/s1. The molecule has 4 rings (SSSR count). The number of sulfonamides is 1. The second-order valence-corrected chi connectivity index (χ2v) is 10.8. The van der Waals surface area contributed by atoms with Crippen molar-refractivity contribution in [3.05, 3.63) is 53.6 Å². The first-order valence-corrected chi connectivity index (χ1v) is 13.0. The quantitative estimate of drug-likeness (QED) is 0.635. The van der Waals surface area contributed by atoms with Gasteiger partial charge < -0.3 is 10.2 Å². The molecule has 2 amide bonds. The van der Waals surface area contributed by atoms with Gasteiger partial charge >= 0.3 is 0 Å². The summed E-state index contributed by atoms with van der Waals surface area (Å²) in [5.74, 6) is -0.706. The number of amides is 2. The van der Waals surface area contributed by atoms with Crippen molar-refractivity contribution in [3.63, 3.8) is 0 Å². The zero-order valence-corrected chi connectivity index (χ0v) is 20.2. The van der Waals surface area contributed by atoms with Crippen molar-refractivity contribution < 1.29 is 22.8 Å². The number of benzene rings is 2. The molecule has 1 saturated heterocycles. The van der Waals surface area contributed by atoms with Gasteiger partial charge in [-0.3, -0.25) is 14.4 Å². The molecule has 0 saturated carbocycles. The topological polar surface area (TPSA) is 104 Å². The molecule has 34 heavy (non-hydrogen) atoms. The summed E-state index contributed by atoms with van der Waals surface area (Å²) in [5, 5.41) is 2.73. The average Bonchev–Trinajstić information content (AvgIpc) is 2.81. The highest BCUT2D eigenvalue weighted by molar-refractivity contribution is 7.89. The van der Waals surface area contributed by atoms with Gasteiger partial charge in [-0.05, 0) is 69.0 Å². The summed E-state index contributed by atoms with van der Waals surface area (Å²) in [4.78, 5) is 38.5.